The molecule has 0 bridgehead atoms. The van der Waals surface area contributed by atoms with Crippen molar-refractivity contribution in [2.24, 2.45) is 0 Å². The third-order valence-corrected chi connectivity index (χ3v) is 3.17. The van der Waals surface area contributed by atoms with Gasteiger partial charge in [0.05, 0.1) is 5.56 Å². The molecule has 0 aliphatic carbocycles. The van der Waals surface area contributed by atoms with E-state index in [9.17, 15) is 9.18 Å². The minimum absolute atomic E-state index is 0.286. The smallest absolute Gasteiger partial charge is 0.338 e. The molecule has 0 spiro atoms. The predicted molar refractivity (Wildman–Crippen MR) is 76.5 cm³/mol. The van der Waals surface area contributed by atoms with Crippen LogP contribution in [0.15, 0.2) is 48.5 Å². The highest BCUT2D eigenvalue weighted by molar-refractivity contribution is 5.88. The predicted octanol–water partition coefficient (Wildman–Crippen LogP) is 3.55. The Labute approximate surface area is 117 Å². The van der Waals surface area contributed by atoms with E-state index in [0.717, 1.165) is 5.69 Å². The average Bonchev–Trinajstić information content (AvgIpc) is 2.47. The van der Waals surface area contributed by atoms with Gasteiger partial charge in [0.15, 0.2) is 0 Å². The summed E-state index contributed by atoms with van der Waals surface area (Å²) >= 11 is 0. The summed E-state index contributed by atoms with van der Waals surface area (Å²) in [6.45, 7) is 3.03. The minimum Gasteiger partial charge on any atom is -0.478 e. The van der Waals surface area contributed by atoms with E-state index in [2.05, 4.69) is 0 Å². The van der Waals surface area contributed by atoms with Crippen LogP contribution >= 0.6 is 0 Å². The van der Waals surface area contributed by atoms with Crippen LogP contribution in [-0.4, -0.2) is 17.6 Å². The first-order chi connectivity index (χ1) is 9.63. The number of aromatic carboxylic acids is 1. The Morgan fingerprint density at radius 2 is 1.85 bits per heavy atom. The fourth-order valence-electron chi connectivity index (χ4n) is 2.10. The maximum absolute atomic E-state index is 14.1. The zero-order chi connectivity index (χ0) is 14.5. The second kappa shape index (κ2) is 6.19. The van der Waals surface area contributed by atoms with Crippen molar-refractivity contribution in [2.45, 2.75) is 13.5 Å². The molecule has 3 nitrogen and oxygen atoms in total. The van der Waals surface area contributed by atoms with E-state index in [0.29, 0.717) is 18.7 Å². The maximum atomic E-state index is 14.1. The van der Waals surface area contributed by atoms with Crippen LogP contribution in [0, 0.1) is 5.82 Å². The first-order valence-corrected chi connectivity index (χ1v) is 6.44. The number of hydrogen-bond acceptors (Lipinski definition) is 2. The summed E-state index contributed by atoms with van der Waals surface area (Å²) in [6, 6.07) is 14.1. The van der Waals surface area contributed by atoms with Crippen molar-refractivity contribution in [1.82, 2.24) is 0 Å². The number of nitrogens with zero attached hydrogens (tertiary/aromatic N) is 1. The molecule has 0 radical (unpaired) electrons. The molecule has 2 rings (SSSR count). The SMILES string of the molecule is CCN(Cc1cccc(C(=O)O)c1F)c1ccccc1. The molecule has 104 valence electrons. The van der Waals surface area contributed by atoms with E-state index in [1.165, 1.54) is 6.07 Å². The molecule has 0 heterocycles. The van der Waals surface area contributed by atoms with E-state index >= 15 is 0 Å². The van der Waals surface area contributed by atoms with Gasteiger partial charge in [-0.25, -0.2) is 9.18 Å². The summed E-state index contributed by atoms with van der Waals surface area (Å²) in [6.07, 6.45) is 0. The molecule has 2 aromatic rings. The first kappa shape index (κ1) is 14.1. The molecule has 2 aromatic carbocycles. The van der Waals surface area contributed by atoms with Gasteiger partial charge in [-0.15, -0.1) is 0 Å². The molecule has 0 atom stereocenters. The summed E-state index contributed by atoms with van der Waals surface area (Å²) in [7, 11) is 0. The molecule has 0 saturated carbocycles. The number of carbonyl (C=O) groups is 1. The van der Waals surface area contributed by atoms with Crippen LogP contribution < -0.4 is 4.90 Å². The summed E-state index contributed by atoms with van der Waals surface area (Å²) in [4.78, 5) is 12.9. The molecule has 0 amide bonds. The maximum Gasteiger partial charge on any atom is 0.338 e. The van der Waals surface area contributed by atoms with Gasteiger partial charge in [0.2, 0.25) is 0 Å². The molecular formula is C16H16FNO2. The number of hydrogen-bond donors (Lipinski definition) is 1. The second-order valence-corrected chi connectivity index (χ2v) is 4.43. The third-order valence-electron chi connectivity index (χ3n) is 3.17. The molecule has 0 saturated heterocycles. The van der Waals surface area contributed by atoms with Crippen LogP contribution in [0.5, 0.6) is 0 Å². The van der Waals surface area contributed by atoms with E-state index < -0.39 is 11.8 Å². The van der Waals surface area contributed by atoms with Crippen molar-refractivity contribution >= 4 is 11.7 Å². The summed E-state index contributed by atoms with van der Waals surface area (Å²) in [5.41, 5.74) is 1.08. The van der Waals surface area contributed by atoms with Gasteiger partial charge in [-0.05, 0) is 25.1 Å². The van der Waals surface area contributed by atoms with Crippen molar-refractivity contribution < 1.29 is 14.3 Å². The molecule has 20 heavy (non-hydrogen) atoms. The van der Waals surface area contributed by atoms with Crippen molar-refractivity contribution in [3.8, 4) is 0 Å². The highest BCUT2D eigenvalue weighted by Crippen LogP contribution is 2.20. The van der Waals surface area contributed by atoms with Gasteiger partial charge in [0.25, 0.3) is 0 Å². The molecule has 4 heteroatoms. The molecule has 0 aliphatic heterocycles. The Bertz CT molecular complexity index is 599. The monoisotopic (exact) mass is 273 g/mol. The summed E-state index contributed by atoms with van der Waals surface area (Å²) in [5.74, 6) is -1.90. The van der Waals surface area contributed by atoms with E-state index in [4.69, 9.17) is 5.11 Å². The molecule has 0 aromatic heterocycles. The lowest BCUT2D eigenvalue weighted by Crippen LogP contribution is -2.23. The Morgan fingerprint density at radius 3 is 2.45 bits per heavy atom. The van der Waals surface area contributed by atoms with E-state index in [1.807, 2.05) is 42.2 Å². The zero-order valence-electron chi connectivity index (χ0n) is 11.2. The number of halogens is 1. The lowest BCUT2D eigenvalue weighted by molar-refractivity contribution is 0.0691. The number of carboxylic acids is 1. The fourth-order valence-corrected chi connectivity index (χ4v) is 2.10. The number of carboxylic acid groups (broad SMARTS) is 1. The van der Waals surface area contributed by atoms with Gasteiger partial charge in [0, 0.05) is 24.3 Å². The van der Waals surface area contributed by atoms with Gasteiger partial charge >= 0.3 is 5.97 Å². The zero-order valence-corrected chi connectivity index (χ0v) is 11.2. The molecule has 1 N–H and O–H groups in total. The Morgan fingerprint density at radius 1 is 1.15 bits per heavy atom. The highest BCUT2D eigenvalue weighted by Gasteiger charge is 2.15. The molecule has 0 fully saturated rings. The van der Waals surface area contributed by atoms with Crippen LogP contribution in [0.1, 0.15) is 22.8 Å². The van der Waals surface area contributed by atoms with Crippen LogP contribution in [0.4, 0.5) is 10.1 Å². The molecular weight excluding hydrogens is 257 g/mol. The second-order valence-electron chi connectivity index (χ2n) is 4.43. The normalized spacial score (nSPS) is 10.3. The Kier molecular flexibility index (Phi) is 4.35. The lowest BCUT2D eigenvalue weighted by atomic mass is 10.1. The van der Waals surface area contributed by atoms with Gasteiger partial charge in [-0.2, -0.15) is 0 Å². The van der Waals surface area contributed by atoms with Crippen molar-refractivity contribution in [3.63, 3.8) is 0 Å². The minimum atomic E-state index is -1.24. The molecule has 0 aliphatic rings. The van der Waals surface area contributed by atoms with Gasteiger partial charge < -0.3 is 10.0 Å². The summed E-state index contributed by atoms with van der Waals surface area (Å²) < 4.78 is 14.1. The van der Waals surface area contributed by atoms with Crippen molar-refractivity contribution in [3.05, 3.63) is 65.5 Å². The topological polar surface area (TPSA) is 40.5 Å². The highest BCUT2D eigenvalue weighted by atomic mass is 19.1. The summed E-state index contributed by atoms with van der Waals surface area (Å²) in [5, 5.41) is 8.94. The largest absolute Gasteiger partial charge is 0.478 e. The van der Waals surface area contributed by atoms with E-state index in [-0.39, 0.29) is 5.56 Å². The number of benzene rings is 2. The Balaban J connectivity index is 2.29. The van der Waals surface area contributed by atoms with Gasteiger partial charge in [0.1, 0.15) is 5.82 Å². The van der Waals surface area contributed by atoms with Crippen molar-refractivity contribution in [2.75, 3.05) is 11.4 Å². The number of anilines is 1. The van der Waals surface area contributed by atoms with Crippen LogP contribution in [-0.2, 0) is 6.54 Å². The van der Waals surface area contributed by atoms with Crippen molar-refractivity contribution in [1.29, 1.82) is 0 Å². The number of para-hydroxylation sites is 1. The quantitative estimate of drug-likeness (QED) is 0.905. The standard InChI is InChI=1S/C16H16FNO2/c1-2-18(13-8-4-3-5-9-13)11-12-7-6-10-14(15(12)17)16(19)20/h3-10H,2,11H2,1H3,(H,19,20). The van der Waals surface area contributed by atoms with Crippen LogP contribution in [0.2, 0.25) is 0 Å². The average molecular weight is 273 g/mol. The van der Waals surface area contributed by atoms with Gasteiger partial charge in [-0.1, -0.05) is 30.3 Å². The van der Waals surface area contributed by atoms with Gasteiger partial charge in [-0.3, -0.25) is 0 Å². The molecule has 0 unspecified atom stereocenters. The fraction of sp³-hybridized carbons (Fsp3) is 0.188. The van der Waals surface area contributed by atoms with Crippen LogP contribution in [0.25, 0.3) is 0 Å². The Hall–Kier alpha value is -2.36. The first-order valence-electron chi connectivity index (χ1n) is 6.44. The third kappa shape index (κ3) is 2.96. The lowest BCUT2D eigenvalue weighted by Gasteiger charge is -2.23. The van der Waals surface area contributed by atoms with Crippen LogP contribution in [0.3, 0.4) is 0 Å². The van der Waals surface area contributed by atoms with E-state index in [1.54, 1.807) is 12.1 Å². The number of rotatable bonds is 5.